The lowest BCUT2D eigenvalue weighted by Crippen LogP contribution is -2.48. The van der Waals surface area contributed by atoms with Gasteiger partial charge in [0.05, 0.1) is 22.3 Å². The molecular weight excluding hydrogens is 352 g/mol. The van der Waals surface area contributed by atoms with Gasteiger partial charge in [-0.1, -0.05) is 35.5 Å². The van der Waals surface area contributed by atoms with Crippen LogP contribution < -0.4 is 5.32 Å². The molecule has 2 aromatic heterocycles. The van der Waals surface area contributed by atoms with E-state index in [-0.39, 0.29) is 11.9 Å². The molecule has 1 N–H and O–H groups in total. The summed E-state index contributed by atoms with van der Waals surface area (Å²) < 4.78 is 5.43. The molecule has 0 aliphatic carbocycles. The van der Waals surface area contributed by atoms with E-state index in [1.54, 1.807) is 0 Å². The summed E-state index contributed by atoms with van der Waals surface area (Å²) in [7, 11) is 1.93. The molecule has 5 rings (SSSR count). The Kier molecular flexibility index (Phi) is 4.16. The van der Waals surface area contributed by atoms with Gasteiger partial charge in [0.2, 0.25) is 0 Å². The molecule has 144 valence electrons. The maximum Gasteiger partial charge on any atom is 0.259 e. The van der Waals surface area contributed by atoms with Gasteiger partial charge in [0.1, 0.15) is 0 Å². The number of rotatable bonds is 3. The molecule has 2 saturated heterocycles. The van der Waals surface area contributed by atoms with E-state index < -0.39 is 0 Å². The fourth-order valence-electron chi connectivity index (χ4n) is 4.72. The van der Waals surface area contributed by atoms with Crippen LogP contribution in [0.25, 0.3) is 22.4 Å². The van der Waals surface area contributed by atoms with Crippen LogP contribution in [0, 0.1) is 6.92 Å². The molecule has 4 heterocycles. The molecule has 0 saturated carbocycles. The molecule has 1 amide bonds. The number of piperidine rings is 1. The van der Waals surface area contributed by atoms with Crippen molar-refractivity contribution in [3.05, 3.63) is 47.7 Å². The third kappa shape index (κ3) is 2.88. The van der Waals surface area contributed by atoms with Crippen molar-refractivity contribution in [2.75, 3.05) is 7.05 Å². The third-order valence-corrected chi connectivity index (χ3v) is 6.23. The van der Waals surface area contributed by atoms with E-state index in [9.17, 15) is 4.79 Å². The zero-order chi connectivity index (χ0) is 19.3. The fraction of sp³-hybridized carbons (Fsp3) is 0.409. The predicted molar refractivity (Wildman–Crippen MR) is 107 cm³/mol. The Morgan fingerprint density at radius 2 is 1.89 bits per heavy atom. The Hall–Kier alpha value is -2.73. The van der Waals surface area contributed by atoms with Crippen LogP contribution in [-0.4, -0.2) is 46.1 Å². The number of amides is 1. The summed E-state index contributed by atoms with van der Waals surface area (Å²) in [5, 5.41) is 8.42. The SMILES string of the molecule is Cc1noc2nc(-c3ccccc3)cc(C(=O)N(C)C3CC4CCC(C3)N4)c12. The number of fused-ring (bicyclic) bond motifs is 3. The zero-order valence-corrected chi connectivity index (χ0v) is 16.2. The van der Waals surface area contributed by atoms with E-state index in [4.69, 9.17) is 4.52 Å². The lowest BCUT2D eigenvalue weighted by Gasteiger charge is -2.35. The van der Waals surface area contributed by atoms with Crippen molar-refractivity contribution in [1.29, 1.82) is 0 Å². The smallest absolute Gasteiger partial charge is 0.259 e. The van der Waals surface area contributed by atoms with Gasteiger partial charge in [-0.05, 0) is 38.7 Å². The van der Waals surface area contributed by atoms with E-state index in [0.29, 0.717) is 34.4 Å². The number of hydrogen-bond acceptors (Lipinski definition) is 5. The highest BCUT2D eigenvalue weighted by molar-refractivity contribution is 6.07. The third-order valence-electron chi connectivity index (χ3n) is 6.23. The summed E-state index contributed by atoms with van der Waals surface area (Å²) in [5.41, 5.74) is 3.42. The lowest BCUT2D eigenvalue weighted by molar-refractivity contribution is 0.0683. The molecule has 3 aromatic rings. The Morgan fingerprint density at radius 1 is 1.18 bits per heavy atom. The second kappa shape index (κ2) is 6.71. The van der Waals surface area contributed by atoms with Crippen molar-refractivity contribution >= 4 is 17.0 Å². The minimum Gasteiger partial charge on any atom is -0.339 e. The topological polar surface area (TPSA) is 71.3 Å². The first kappa shape index (κ1) is 17.4. The number of carbonyl (C=O) groups excluding carboxylic acids is 1. The van der Waals surface area contributed by atoms with Crippen molar-refractivity contribution in [2.24, 2.45) is 0 Å². The van der Waals surface area contributed by atoms with Crippen LogP contribution >= 0.6 is 0 Å². The summed E-state index contributed by atoms with van der Waals surface area (Å²) in [5.74, 6) is 0.0159. The summed E-state index contributed by atoms with van der Waals surface area (Å²) in [6.07, 6.45) is 4.46. The van der Waals surface area contributed by atoms with Gasteiger partial charge in [-0.15, -0.1) is 0 Å². The van der Waals surface area contributed by atoms with Crippen LogP contribution in [0.5, 0.6) is 0 Å². The number of aryl methyl sites for hydroxylation is 1. The van der Waals surface area contributed by atoms with Gasteiger partial charge < -0.3 is 14.7 Å². The van der Waals surface area contributed by atoms with Crippen LogP contribution in [0.15, 0.2) is 40.9 Å². The monoisotopic (exact) mass is 376 g/mol. The second-order valence-corrected chi connectivity index (χ2v) is 8.05. The zero-order valence-electron chi connectivity index (χ0n) is 16.2. The van der Waals surface area contributed by atoms with Crippen LogP contribution in [0.1, 0.15) is 41.7 Å². The molecule has 2 bridgehead atoms. The van der Waals surface area contributed by atoms with Crippen LogP contribution in [0.4, 0.5) is 0 Å². The average Bonchev–Trinajstić information content (AvgIpc) is 3.28. The van der Waals surface area contributed by atoms with Gasteiger partial charge in [0.15, 0.2) is 0 Å². The van der Waals surface area contributed by atoms with E-state index in [2.05, 4.69) is 15.5 Å². The number of aromatic nitrogens is 2. The summed E-state index contributed by atoms with van der Waals surface area (Å²) >= 11 is 0. The molecule has 28 heavy (non-hydrogen) atoms. The van der Waals surface area contributed by atoms with Crippen LogP contribution in [0.3, 0.4) is 0 Å². The average molecular weight is 376 g/mol. The van der Waals surface area contributed by atoms with E-state index in [1.807, 2.05) is 55.3 Å². The largest absolute Gasteiger partial charge is 0.339 e. The molecule has 6 heteroatoms. The summed E-state index contributed by atoms with van der Waals surface area (Å²) in [6.45, 7) is 1.86. The van der Waals surface area contributed by atoms with E-state index in [1.165, 1.54) is 12.8 Å². The molecule has 2 aliphatic rings. The summed E-state index contributed by atoms with van der Waals surface area (Å²) in [4.78, 5) is 20.1. The van der Waals surface area contributed by atoms with Crippen molar-refractivity contribution in [3.63, 3.8) is 0 Å². The molecule has 1 aromatic carbocycles. The predicted octanol–water partition coefficient (Wildman–Crippen LogP) is 3.55. The van der Waals surface area contributed by atoms with Gasteiger partial charge >= 0.3 is 0 Å². The molecular formula is C22H24N4O2. The number of pyridine rings is 1. The highest BCUT2D eigenvalue weighted by Crippen LogP contribution is 2.32. The molecule has 6 nitrogen and oxygen atoms in total. The lowest BCUT2D eigenvalue weighted by atomic mass is 9.97. The van der Waals surface area contributed by atoms with Gasteiger partial charge in [0.25, 0.3) is 11.6 Å². The minimum atomic E-state index is 0.0159. The van der Waals surface area contributed by atoms with Crippen LogP contribution in [0.2, 0.25) is 0 Å². The molecule has 2 unspecified atom stereocenters. The van der Waals surface area contributed by atoms with Gasteiger partial charge in [-0.3, -0.25) is 4.79 Å². The van der Waals surface area contributed by atoms with Crippen LogP contribution in [-0.2, 0) is 0 Å². The number of nitrogens with zero attached hydrogens (tertiary/aromatic N) is 3. The maximum absolute atomic E-state index is 13.5. The standard InChI is InChI=1S/C22H24N4O2/c1-13-20-18(22(27)26(2)17-10-15-8-9-16(11-17)23-15)12-19(24-21(20)28-25-13)14-6-4-3-5-7-14/h3-7,12,15-17,23H,8-11H2,1-2H3. The van der Waals surface area contributed by atoms with Crippen molar-refractivity contribution in [3.8, 4) is 11.3 Å². The first-order valence-corrected chi connectivity index (χ1v) is 9.96. The molecule has 2 aliphatic heterocycles. The number of benzene rings is 1. The molecule has 2 atom stereocenters. The number of carbonyl (C=O) groups is 1. The molecule has 0 spiro atoms. The second-order valence-electron chi connectivity index (χ2n) is 8.05. The fourth-order valence-corrected chi connectivity index (χ4v) is 4.72. The molecule has 0 radical (unpaired) electrons. The van der Waals surface area contributed by atoms with Crippen molar-refractivity contribution in [2.45, 2.75) is 50.7 Å². The molecule has 2 fully saturated rings. The first-order valence-electron chi connectivity index (χ1n) is 9.96. The van der Waals surface area contributed by atoms with Crippen molar-refractivity contribution in [1.82, 2.24) is 20.4 Å². The number of hydrogen-bond donors (Lipinski definition) is 1. The highest BCUT2D eigenvalue weighted by Gasteiger charge is 2.37. The maximum atomic E-state index is 13.5. The van der Waals surface area contributed by atoms with Gasteiger partial charge in [-0.25, -0.2) is 4.98 Å². The Labute approximate surface area is 163 Å². The van der Waals surface area contributed by atoms with Gasteiger partial charge in [-0.2, -0.15) is 0 Å². The van der Waals surface area contributed by atoms with E-state index >= 15 is 0 Å². The van der Waals surface area contributed by atoms with E-state index in [0.717, 1.165) is 24.1 Å². The Morgan fingerprint density at radius 3 is 2.61 bits per heavy atom. The number of nitrogens with one attached hydrogen (secondary N) is 1. The quantitative estimate of drug-likeness (QED) is 0.757. The summed E-state index contributed by atoms with van der Waals surface area (Å²) in [6, 6.07) is 13.1. The van der Waals surface area contributed by atoms with Crippen molar-refractivity contribution < 1.29 is 9.32 Å². The normalized spacial score (nSPS) is 23.9. The highest BCUT2D eigenvalue weighted by atomic mass is 16.5. The van der Waals surface area contributed by atoms with Gasteiger partial charge in [0, 0.05) is 30.7 Å². The minimum absolute atomic E-state index is 0.0159. The Balaban J connectivity index is 1.55. The first-order chi connectivity index (χ1) is 13.6. The Bertz CT molecular complexity index is 1020.